The van der Waals surface area contributed by atoms with Gasteiger partial charge in [-0.2, -0.15) is 0 Å². The number of hydrogen-bond acceptors (Lipinski definition) is 5. The highest BCUT2D eigenvalue weighted by molar-refractivity contribution is 6.31. The van der Waals surface area contributed by atoms with Crippen LogP contribution < -0.4 is 5.73 Å². The Labute approximate surface area is 109 Å². The lowest BCUT2D eigenvalue weighted by molar-refractivity contribution is 0.184. The molecule has 1 aliphatic rings. The second-order valence-electron chi connectivity index (χ2n) is 4.24. The number of hydrogen-bond donors (Lipinski definition) is 1. The van der Waals surface area contributed by atoms with E-state index in [0.717, 1.165) is 18.6 Å². The summed E-state index contributed by atoms with van der Waals surface area (Å²) in [6, 6.07) is 5.48. The number of tetrazole rings is 1. The zero-order valence-electron chi connectivity index (χ0n) is 9.58. The summed E-state index contributed by atoms with van der Waals surface area (Å²) >= 11 is 6.00. The molecule has 2 aromatic rings. The SMILES string of the molecule is Nc1cc(Cl)cc(-c2nnnn2C2CCOC2)c1. The van der Waals surface area contributed by atoms with Crippen LogP contribution in [-0.4, -0.2) is 33.4 Å². The van der Waals surface area contributed by atoms with Gasteiger partial charge in [-0.1, -0.05) is 11.6 Å². The molecule has 1 fully saturated rings. The minimum absolute atomic E-state index is 0.176. The van der Waals surface area contributed by atoms with Gasteiger partial charge < -0.3 is 10.5 Å². The van der Waals surface area contributed by atoms with Crippen LogP contribution in [0.2, 0.25) is 5.02 Å². The van der Waals surface area contributed by atoms with Crippen LogP contribution in [0.15, 0.2) is 18.2 Å². The van der Waals surface area contributed by atoms with E-state index in [0.29, 0.717) is 23.1 Å². The number of ether oxygens (including phenoxy) is 1. The maximum atomic E-state index is 6.00. The molecule has 1 saturated heterocycles. The van der Waals surface area contributed by atoms with Crippen molar-refractivity contribution in [1.82, 2.24) is 20.2 Å². The molecule has 3 rings (SSSR count). The van der Waals surface area contributed by atoms with Crippen molar-refractivity contribution in [3.63, 3.8) is 0 Å². The molecule has 1 aromatic carbocycles. The molecule has 1 aromatic heterocycles. The molecule has 7 heteroatoms. The average Bonchev–Trinajstić information content (AvgIpc) is 2.98. The maximum Gasteiger partial charge on any atom is 0.182 e. The second kappa shape index (κ2) is 4.55. The smallest absolute Gasteiger partial charge is 0.182 e. The summed E-state index contributed by atoms with van der Waals surface area (Å²) in [5, 5.41) is 12.4. The molecular formula is C11H12ClN5O. The van der Waals surface area contributed by atoms with Crippen LogP contribution in [0.5, 0.6) is 0 Å². The van der Waals surface area contributed by atoms with Crippen LogP contribution in [0.1, 0.15) is 12.5 Å². The van der Waals surface area contributed by atoms with E-state index in [-0.39, 0.29) is 6.04 Å². The summed E-state index contributed by atoms with van der Waals surface area (Å²) in [4.78, 5) is 0. The number of nitrogen functional groups attached to an aromatic ring is 1. The van der Waals surface area contributed by atoms with Crippen LogP contribution in [0.25, 0.3) is 11.4 Å². The van der Waals surface area contributed by atoms with Gasteiger partial charge in [-0.15, -0.1) is 5.10 Å². The highest BCUT2D eigenvalue weighted by Gasteiger charge is 2.23. The third-order valence-corrected chi connectivity index (χ3v) is 3.14. The monoisotopic (exact) mass is 265 g/mol. The number of benzene rings is 1. The Balaban J connectivity index is 2.03. The third-order valence-electron chi connectivity index (χ3n) is 2.92. The standard InChI is InChI=1S/C11H12ClN5O/c12-8-3-7(4-9(13)5-8)11-14-15-16-17(11)10-1-2-18-6-10/h3-5,10H,1-2,6,13H2. The van der Waals surface area contributed by atoms with Crippen molar-refractivity contribution in [2.45, 2.75) is 12.5 Å². The predicted molar refractivity (Wildman–Crippen MR) is 67.1 cm³/mol. The van der Waals surface area contributed by atoms with Crippen LogP contribution in [0.4, 0.5) is 5.69 Å². The number of nitrogens with zero attached hydrogens (tertiary/aromatic N) is 4. The van der Waals surface area contributed by atoms with Crippen LogP contribution in [0.3, 0.4) is 0 Å². The Hall–Kier alpha value is -1.66. The van der Waals surface area contributed by atoms with Crippen molar-refractivity contribution < 1.29 is 4.74 Å². The third kappa shape index (κ3) is 2.04. The topological polar surface area (TPSA) is 78.9 Å². The lowest BCUT2D eigenvalue weighted by Gasteiger charge is -2.10. The van der Waals surface area contributed by atoms with Gasteiger partial charge in [0.2, 0.25) is 0 Å². The fraction of sp³-hybridized carbons (Fsp3) is 0.364. The molecule has 0 radical (unpaired) electrons. The minimum atomic E-state index is 0.176. The van der Waals surface area contributed by atoms with E-state index in [1.165, 1.54) is 0 Å². The van der Waals surface area contributed by atoms with Crippen LogP contribution >= 0.6 is 11.6 Å². The average molecular weight is 266 g/mol. The van der Waals surface area contributed by atoms with E-state index >= 15 is 0 Å². The highest BCUT2D eigenvalue weighted by atomic mass is 35.5. The number of aromatic nitrogens is 4. The van der Waals surface area contributed by atoms with Gasteiger partial charge in [0.25, 0.3) is 0 Å². The molecule has 1 atom stereocenters. The Morgan fingerprint density at radius 3 is 3.00 bits per heavy atom. The van der Waals surface area contributed by atoms with Gasteiger partial charge >= 0.3 is 0 Å². The van der Waals surface area contributed by atoms with E-state index in [2.05, 4.69) is 15.5 Å². The van der Waals surface area contributed by atoms with Crippen LogP contribution in [-0.2, 0) is 4.74 Å². The molecule has 0 aliphatic carbocycles. The molecular weight excluding hydrogens is 254 g/mol. The summed E-state index contributed by atoms with van der Waals surface area (Å²) in [5.74, 6) is 0.666. The molecule has 2 heterocycles. The quantitative estimate of drug-likeness (QED) is 0.833. The Morgan fingerprint density at radius 2 is 2.28 bits per heavy atom. The first kappa shape index (κ1) is 11.4. The second-order valence-corrected chi connectivity index (χ2v) is 4.67. The van der Waals surface area contributed by atoms with Gasteiger partial charge in [0.1, 0.15) is 0 Å². The first-order valence-corrected chi connectivity index (χ1v) is 6.04. The first-order chi connectivity index (χ1) is 8.74. The molecule has 6 nitrogen and oxygen atoms in total. The van der Waals surface area contributed by atoms with E-state index in [1.807, 2.05) is 6.07 Å². The molecule has 0 saturated carbocycles. The molecule has 94 valence electrons. The van der Waals surface area contributed by atoms with Gasteiger partial charge in [-0.05, 0) is 35.0 Å². The van der Waals surface area contributed by atoms with E-state index in [1.54, 1.807) is 16.8 Å². The lowest BCUT2D eigenvalue weighted by atomic mass is 10.1. The largest absolute Gasteiger partial charge is 0.399 e. The number of rotatable bonds is 2. The molecule has 2 N–H and O–H groups in total. The molecule has 1 unspecified atom stereocenters. The van der Waals surface area contributed by atoms with Crippen molar-refractivity contribution in [2.24, 2.45) is 0 Å². The van der Waals surface area contributed by atoms with Crippen molar-refractivity contribution >= 4 is 17.3 Å². The molecule has 1 aliphatic heterocycles. The molecule has 0 bridgehead atoms. The van der Waals surface area contributed by atoms with Crippen molar-refractivity contribution in [3.8, 4) is 11.4 Å². The van der Waals surface area contributed by atoms with E-state index in [4.69, 9.17) is 22.1 Å². The predicted octanol–water partition coefficient (Wildman–Crippen LogP) is 1.54. The van der Waals surface area contributed by atoms with Gasteiger partial charge in [0.05, 0.1) is 12.6 Å². The van der Waals surface area contributed by atoms with Crippen molar-refractivity contribution in [2.75, 3.05) is 18.9 Å². The first-order valence-electron chi connectivity index (χ1n) is 5.66. The Morgan fingerprint density at radius 1 is 1.39 bits per heavy atom. The highest BCUT2D eigenvalue weighted by Crippen LogP contribution is 2.27. The summed E-state index contributed by atoms with van der Waals surface area (Å²) < 4.78 is 7.13. The van der Waals surface area contributed by atoms with Gasteiger partial charge in [-0.3, -0.25) is 0 Å². The summed E-state index contributed by atoms with van der Waals surface area (Å²) in [7, 11) is 0. The van der Waals surface area contributed by atoms with Gasteiger partial charge in [0.15, 0.2) is 5.82 Å². The Kier molecular flexibility index (Phi) is 2.89. The normalized spacial score (nSPS) is 19.3. The fourth-order valence-corrected chi connectivity index (χ4v) is 2.33. The lowest BCUT2D eigenvalue weighted by Crippen LogP contribution is -2.12. The van der Waals surface area contributed by atoms with Crippen LogP contribution in [0, 0.1) is 0 Å². The summed E-state index contributed by atoms with van der Waals surface area (Å²) in [6.07, 6.45) is 0.911. The minimum Gasteiger partial charge on any atom is -0.399 e. The number of anilines is 1. The number of halogens is 1. The van der Waals surface area contributed by atoms with Crippen molar-refractivity contribution in [1.29, 1.82) is 0 Å². The maximum absolute atomic E-state index is 6.00. The fourth-order valence-electron chi connectivity index (χ4n) is 2.09. The summed E-state index contributed by atoms with van der Waals surface area (Å²) in [6.45, 7) is 1.37. The number of nitrogens with two attached hydrogens (primary N) is 1. The van der Waals surface area contributed by atoms with E-state index in [9.17, 15) is 0 Å². The molecule has 0 spiro atoms. The Bertz CT molecular complexity index is 544. The van der Waals surface area contributed by atoms with Gasteiger partial charge in [-0.25, -0.2) is 4.68 Å². The zero-order valence-corrected chi connectivity index (χ0v) is 10.3. The van der Waals surface area contributed by atoms with Crippen molar-refractivity contribution in [3.05, 3.63) is 23.2 Å². The molecule has 0 amide bonds. The zero-order chi connectivity index (χ0) is 12.5. The van der Waals surface area contributed by atoms with E-state index < -0.39 is 0 Å². The molecule has 18 heavy (non-hydrogen) atoms. The van der Waals surface area contributed by atoms with Gasteiger partial charge in [0, 0.05) is 22.9 Å². The summed E-state index contributed by atoms with van der Waals surface area (Å²) in [5.41, 5.74) is 7.19.